The lowest BCUT2D eigenvalue weighted by atomic mass is 9.85. The first-order valence-electron chi connectivity index (χ1n) is 13.8. The number of hydrogen-bond donors (Lipinski definition) is 3. The molecule has 2 aromatic rings. The highest BCUT2D eigenvalue weighted by Gasteiger charge is 2.47. The summed E-state index contributed by atoms with van der Waals surface area (Å²) in [5.41, 5.74) is 0.613. The molecule has 12 nitrogen and oxygen atoms in total. The van der Waals surface area contributed by atoms with Gasteiger partial charge < -0.3 is 30.2 Å². The Hall–Kier alpha value is -3.22. The molecule has 2 bridgehead atoms. The average molecular weight is 540 g/mol. The fourth-order valence-electron chi connectivity index (χ4n) is 6.46. The molecule has 0 aromatic carbocycles. The van der Waals surface area contributed by atoms with Gasteiger partial charge in [-0.05, 0) is 64.9 Å². The number of nitrogens with zero attached hydrogens (tertiary/aromatic N) is 6. The first kappa shape index (κ1) is 26.0. The smallest absolute Gasteiger partial charge is 0.329 e. The summed E-state index contributed by atoms with van der Waals surface area (Å²) >= 11 is 0. The highest BCUT2D eigenvalue weighted by molar-refractivity contribution is 6.01. The summed E-state index contributed by atoms with van der Waals surface area (Å²) in [7, 11) is 0. The van der Waals surface area contributed by atoms with Crippen LogP contribution in [0, 0.1) is 5.92 Å². The topological polar surface area (TPSA) is 136 Å². The number of anilines is 1. The van der Waals surface area contributed by atoms with Crippen LogP contribution in [0.1, 0.15) is 63.2 Å². The molecule has 3 fully saturated rings. The number of hydrazine groups is 1. The summed E-state index contributed by atoms with van der Waals surface area (Å²) in [5.74, 6) is -0.444. The monoisotopic (exact) mass is 539 g/mol. The Morgan fingerprint density at radius 1 is 1.18 bits per heavy atom. The Balaban J connectivity index is 1.27. The minimum absolute atomic E-state index is 0.0141. The molecule has 39 heavy (non-hydrogen) atoms. The molecule has 4 aliphatic rings. The van der Waals surface area contributed by atoms with Gasteiger partial charge in [-0.2, -0.15) is 10.1 Å². The van der Waals surface area contributed by atoms with Gasteiger partial charge in [0, 0.05) is 37.1 Å². The van der Waals surface area contributed by atoms with E-state index >= 15 is 0 Å². The van der Waals surface area contributed by atoms with Gasteiger partial charge >= 0.3 is 5.97 Å². The number of morpholine rings is 1. The van der Waals surface area contributed by atoms with E-state index in [9.17, 15) is 19.8 Å². The molecular formula is C27H37N7O5. The number of aliphatic hydroxyl groups excluding tert-OH is 1. The molecular weight excluding hydrogens is 502 g/mol. The second-order valence-electron chi connectivity index (χ2n) is 12.1. The molecule has 0 spiro atoms. The van der Waals surface area contributed by atoms with E-state index in [2.05, 4.69) is 15.3 Å². The molecule has 1 amide bonds. The molecule has 5 heterocycles. The van der Waals surface area contributed by atoms with Crippen LogP contribution in [0.15, 0.2) is 30.4 Å². The summed E-state index contributed by atoms with van der Waals surface area (Å²) < 4.78 is 7.28. The SMILES string of the molecule is CC(C)(C)N1C=C(NC(=O)c2cnn3ccc(N4C[C@H]5CC4CO5)nc23)C(C(=O)O)N1C1CCC(CO)CC1. The van der Waals surface area contributed by atoms with Crippen LogP contribution < -0.4 is 10.2 Å². The first-order valence-corrected chi connectivity index (χ1v) is 13.8. The number of carbonyl (C=O) groups excluding carboxylic acids is 1. The molecule has 1 aliphatic carbocycles. The number of aliphatic carboxylic acids is 1. The van der Waals surface area contributed by atoms with Crippen molar-refractivity contribution in [2.75, 3.05) is 24.7 Å². The van der Waals surface area contributed by atoms with E-state index in [4.69, 9.17) is 9.72 Å². The van der Waals surface area contributed by atoms with Crippen molar-refractivity contribution in [3.05, 3.63) is 35.9 Å². The number of carbonyl (C=O) groups is 2. The molecule has 3 N–H and O–H groups in total. The predicted molar refractivity (Wildman–Crippen MR) is 142 cm³/mol. The lowest BCUT2D eigenvalue weighted by Gasteiger charge is -2.46. The standard InChI is InChI=1S/C27H37N7O5/c1-27(2,3)33-13-21(23(26(37)38)34(33)17-6-4-16(14-35)5-7-17)29-25(36)20-11-28-32-9-8-22(30-24(20)32)31-12-19-10-18(31)15-39-19/h8-9,11,13,16-19,23,35H,4-7,10,12,14-15H2,1-3H3,(H,29,36)(H,37,38)/t16?,17?,18?,19-,23?/m1/s1. The number of rotatable bonds is 6. The second kappa shape index (κ2) is 9.76. The third kappa shape index (κ3) is 4.64. The van der Waals surface area contributed by atoms with Crippen molar-refractivity contribution in [3.8, 4) is 0 Å². The van der Waals surface area contributed by atoms with Crippen LogP contribution in [-0.4, -0.2) is 96.2 Å². The fourth-order valence-corrected chi connectivity index (χ4v) is 6.46. The molecule has 2 saturated heterocycles. The van der Waals surface area contributed by atoms with Gasteiger partial charge in [-0.25, -0.2) is 9.50 Å². The quantitative estimate of drug-likeness (QED) is 0.497. The van der Waals surface area contributed by atoms with Crippen LogP contribution in [-0.2, 0) is 9.53 Å². The van der Waals surface area contributed by atoms with Crippen molar-refractivity contribution in [2.45, 2.75) is 82.6 Å². The van der Waals surface area contributed by atoms with E-state index in [0.717, 1.165) is 44.5 Å². The molecule has 2 aromatic heterocycles. The summed E-state index contributed by atoms with van der Waals surface area (Å²) in [6.45, 7) is 7.66. The number of hydrogen-bond acceptors (Lipinski definition) is 9. The lowest BCUT2D eigenvalue weighted by molar-refractivity contribution is -0.155. The Bertz CT molecular complexity index is 1300. The van der Waals surface area contributed by atoms with Crippen molar-refractivity contribution >= 4 is 23.3 Å². The summed E-state index contributed by atoms with van der Waals surface area (Å²) in [6.07, 6.45) is 9.45. The van der Waals surface area contributed by atoms with Crippen LogP contribution in [0.25, 0.3) is 5.65 Å². The van der Waals surface area contributed by atoms with Gasteiger partial charge in [0.05, 0.1) is 30.6 Å². The van der Waals surface area contributed by atoms with E-state index in [1.165, 1.54) is 6.20 Å². The molecule has 12 heteroatoms. The fraction of sp³-hybridized carbons (Fsp3) is 0.630. The zero-order chi connectivity index (χ0) is 27.5. The number of aromatic nitrogens is 3. The van der Waals surface area contributed by atoms with Crippen LogP contribution in [0.5, 0.6) is 0 Å². The van der Waals surface area contributed by atoms with Gasteiger partial charge in [-0.15, -0.1) is 0 Å². The summed E-state index contributed by atoms with van der Waals surface area (Å²) in [4.78, 5) is 33.2. The minimum atomic E-state index is -1.03. The Morgan fingerprint density at radius 2 is 1.95 bits per heavy atom. The highest BCUT2D eigenvalue weighted by atomic mass is 16.5. The van der Waals surface area contributed by atoms with Crippen LogP contribution in [0.4, 0.5) is 5.82 Å². The van der Waals surface area contributed by atoms with Gasteiger partial charge in [0.1, 0.15) is 11.4 Å². The number of nitrogens with one attached hydrogen (secondary N) is 1. The van der Waals surface area contributed by atoms with E-state index in [-0.39, 0.29) is 36.3 Å². The van der Waals surface area contributed by atoms with Crippen molar-refractivity contribution in [1.82, 2.24) is 29.9 Å². The third-order valence-electron chi connectivity index (χ3n) is 8.49. The average Bonchev–Trinajstić information content (AvgIpc) is 3.70. The summed E-state index contributed by atoms with van der Waals surface area (Å²) in [6, 6.07) is 1.13. The van der Waals surface area contributed by atoms with Gasteiger partial charge in [-0.1, -0.05) is 0 Å². The van der Waals surface area contributed by atoms with Crippen molar-refractivity contribution in [1.29, 1.82) is 0 Å². The number of carboxylic acids is 1. The zero-order valence-corrected chi connectivity index (χ0v) is 22.7. The number of amides is 1. The molecule has 3 aliphatic heterocycles. The first-order chi connectivity index (χ1) is 18.6. The molecule has 6 rings (SSSR count). The maximum atomic E-state index is 13.6. The van der Waals surface area contributed by atoms with Crippen molar-refractivity contribution in [2.24, 2.45) is 5.92 Å². The predicted octanol–water partition coefficient (Wildman–Crippen LogP) is 1.61. The van der Waals surface area contributed by atoms with Crippen molar-refractivity contribution in [3.63, 3.8) is 0 Å². The third-order valence-corrected chi connectivity index (χ3v) is 8.49. The van der Waals surface area contributed by atoms with E-state index in [1.807, 2.05) is 36.9 Å². The second-order valence-corrected chi connectivity index (χ2v) is 12.1. The minimum Gasteiger partial charge on any atom is -0.480 e. The number of fused-ring (bicyclic) bond motifs is 3. The Labute approximate surface area is 227 Å². The van der Waals surface area contributed by atoms with Gasteiger partial charge in [-0.3, -0.25) is 9.59 Å². The molecule has 0 radical (unpaired) electrons. The number of carboxylic acid groups (broad SMARTS) is 1. The Kier molecular flexibility index (Phi) is 6.51. The molecule has 210 valence electrons. The van der Waals surface area contributed by atoms with Gasteiger partial charge in [0.2, 0.25) is 0 Å². The van der Waals surface area contributed by atoms with E-state index in [1.54, 1.807) is 16.9 Å². The van der Waals surface area contributed by atoms with Crippen LogP contribution in [0.3, 0.4) is 0 Å². The van der Waals surface area contributed by atoms with E-state index < -0.39 is 23.5 Å². The lowest BCUT2D eigenvalue weighted by Crippen LogP contribution is -2.58. The number of aliphatic hydroxyl groups is 1. The molecule has 2 unspecified atom stereocenters. The number of ether oxygens (including phenoxy) is 1. The van der Waals surface area contributed by atoms with Crippen LogP contribution >= 0.6 is 0 Å². The molecule has 1 saturated carbocycles. The molecule has 3 atom stereocenters. The normalized spacial score (nSPS) is 29.3. The van der Waals surface area contributed by atoms with Gasteiger partial charge in [0.15, 0.2) is 11.7 Å². The van der Waals surface area contributed by atoms with Crippen molar-refractivity contribution < 1.29 is 24.5 Å². The zero-order valence-electron chi connectivity index (χ0n) is 22.7. The maximum Gasteiger partial charge on any atom is 0.329 e. The van der Waals surface area contributed by atoms with Crippen LogP contribution in [0.2, 0.25) is 0 Å². The Morgan fingerprint density at radius 3 is 2.56 bits per heavy atom. The highest BCUT2D eigenvalue weighted by Crippen LogP contribution is 2.37. The van der Waals surface area contributed by atoms with Gasteiger partial charge in [0.25, 0.3) is 5.91 Å². The maximum absolute atomic E-state index is 13.6. The van der Waals surface area contributed by atoms with E-state index in [0.29, 0.717) is 18.0 Å². The summed E-state index contributed by atoms with van der Waals surface area (Å²) in [5, 5.41) is 31.0. The largest absolute Gasteiger partial charge is 0.480 e.